The normalized spacial score (nSPS) is 11.9. The Morgan fingerprint density at radius 1 is 1.00 bits per heavy atom. The first-order valence-electron chi connectivity index (χ1n) is 8.87. The molecule has 0 aliphatic heterocycles. The molecule has 3 nitrogen and oxygen atoms in total. The van der Waals surface area contributed by atoms with Crippen LogP contribution in [0.25, 0.3) is 0 Å². The lowest BCUT2D eigenvalue weighted by Crippen LogP contribution is -2.36. The molecule has 0 radical (unpaired) electrons. The van der Waals surface area contributed by atoms with Crippen LogP contribution in [0.4, 0.5) is 0 Å². The van der Waals surface area contributed by atoms with E-state index in [9.17, 15) is 4.79 Å². The summed E-state index contributed by atoms with van der Waals surface area (Å²) in [5.74, 6) is 0.0241. The molecule has 0 unspecified atom stereocenters. The third-order valence-electron chi connectivity index (χ3n) is 4.41. The lowest BCUT2D eigenvalue weighted by atomic mass is 10.1. The molecule has 1 aromatic heterocycles. The highest BCUT2D eigenvalue weighted by atomic mass is 32.1. The second kappa shape index (κ2) is 9.32. The first-order chi connectivity index (χ1) is 12.7. The molecule has 2 aromatic carbocycles. The van der Waals surface area contributed by atoms with Crippen LogP contribution in [0.3, 0.4) is 0 Å². The van der Waals surface area contributed by atoms with Crippen molar-refractivity contribution in [3.05, 3.63) is 93.7 Å². The summed E-state index contributed by atoms with van der Waals surface area (Å²) in [7, 11) is 0. The number of nitrogens with one attached hydrogen (secondary N) is 2. The molecular formula is C22H24N2OS. The molecule has 1 heterocycles. The maximum atomic E-state index is 12.3. The van der Waals surface area contributed by atoms with E-state index in [1.54, 1.807) is 11.3 Å². The van der Waals surface area contributed by atoms with Gasteiger partial charge in [-0.05, 0) is 41.5 Å². The van der Waals surface area contributed by atoms with E-state index in [-0.39, 0.29) is 11.9 Å². The van der Waals surface area contributed by atoms with Crippen molar-refractivity contribution >= 4 is 17.2 Å². The minimum Gasteiger partial charge on any atom is -0.355 e. The van der Waals surface area contributed by atoms with Crippen LogP contribution in [0.5, 0.6) is 0 Å². The van der Waals surface area contributed by atoms with E-state index in [2.05, 4.69) is 53.3 Å². The summed E-state index contributed by atoms with van der Waals surface area (Å²) in [4.78, 5) is 13.5. The fourth-order valence-corrected chi connectivity index (χ4v) is 3.80. The molecule has 0 aliphatic carbocycles. The van der Waals surface area contributed by atoms with Gasteiger partial charge >= 0.3 is 0 Å². The zero-order valence-corrected chi connectivity index (χ0v) is 15.8. The Balaban J connectivity index is 1.52. The van der Waals surface area contributed by atoms with Crippen molar-refractivity contribution in [2.75, 3.05) is 13.1 Å². The number of rotatable bonds is 8. The molecule has 3 rings (SSSR count). The molecular weight excluding hydrogens is 340 g/mol. The van der Waals surface area contributed by atoms with E-state index < -0.39 is 0 Å². The molecule has 4 heteroatoms. The van der Waals surface area contributed by atoms with Gasteiger partial charge in [-0.25, -0.2) is 0 Å². The smallest absolute Gasteiger partial charge is 0.233 e. The van der Waals surface area contributed by atoms with Crippen molar-refractivity contribution in [3.8, 4) is 0 Å². The van der Waals surface area contributed by atoms with E-state index in [0.29, 0.717) is 13.1 Å². The van der Waals surface area contributed by atoms with E-state index in [4.69, 9.17) is 0 Å². The van der Waals surface area contributed by atoms with Crippen LogP contribution >= 0.6 is 11.3 Å². The average Bonchev–Trinajstić information content (AvgIpc) is 3.19. The van der Waals surface area contributed by atoms with Crippen LogP contribution in [0.2, 0.25) is 0 Å². The lowest BCUT2D eigenvalue weighted by molar-refractivity contribution is -0.120. The first kappa shape index (κ1) is 18.4. The van der Waals surface area contributed by atoms with Crippen LogP contribution in [0, 0.1) is 6.92 Å². The summed E-state index contributed by atoms with van der Waals surface area (Å²) in [6.07, 6.45) is 0.853. The second-order valence-electron chi connectivity index (χ2n) is 6.27. The third kappa shape index (κ3) is 5.04. The summed E-state index contributed by atoms with van der Waals surface area (Å²) < 4.78 is 0. The van der Waals surface area contributed by atoms with Crippen molar-refractivity contribution in [2.45, 2.75) is 19.4 Å². The minimum absolute atomic E-state index is 0.0241. The number of hydrogen-bond acceptors (Lipinski definition) is 3. The summed E-state index contributed by atoms with van der Waals surface area (Å²) in [6, 6.07) is 22.7. The van der Waals surface area contributed by atoms with Gasteiger partial charge in [0.05, 0.1) is 12.6 Å². The maximum absolute atomic E-state index is 12.3. The van der Waals surface area contributed by atoms with Crippen LogP contribution in [-0.2, 0) is 11.2 Å². The fourth-order valence-electron chi connectivity index (χ4n) is 2.97. The summed E-state index contributed by atoms with van der Waals surface area (Å²) in [5, 5.41) is 8.47. The molecule has 3 aromatic rings. The first-order valence-corrected chi connectivity index (χ1v) is 9.75. The summed E-state index contributed by atoms with van der Waals surface area (Å²) in [6.45, 7) is 3.05. The van der Waals surface area contributed by atoms with E-state index in [1.807, 2.05) is 36.4 Å². The number of aryl methyl sites for hydroxylation is 1. The Labute approximate surface area is 159 Å². The van der Waals surface area contributed by atoms with Crippen molar-refractivity contribution in [1.29, 1.82) is 0 Å². The molecule has 1 amide bonds. The molecule has 0 bridgehead atoms. The number of carbonyl (C=O) groups is 1. The SMILES string of the molecule is Cc1ccccc1CCNC(=O)CN[C@@H](c1ccccc1)c1cccs1. The molecule has 0 saturated heterocycles. The van der Waals surface area contributed by atoms with Crippen molar-refractivity contribution in [1.82, 2.24) is 10.6 Å². The van der Waals surface area contributed by atoms with Crippen molar-refractivity contribution < 1.29 is 4.79 Å². The summed E-state index contributed by atoms with van der Waals surface area (Å²) in [5.41, 5.74) is 3.71. The van der Waals surface area contributed by atoms with Crippen LogP contribution in [-0.4, -0.2) is 19.0 Å². The lowest BCUT2D eigenvalue weighted by Gasteiger charge is -2.18. The predicted molar refractivity (Wildman–Crippen MR) is 108 cm³/mol. The Morgan fingerprint density at radius 3 is 2.50 bits per heavy atom. The van der Waals surface area contributed by atoms with Gasteiger partial charge in [-0.1, -0.05) is 60.7 Å². The Morgan fingerprint density at radius 2 is 1.77 bits per heavy atom. The van der Waals surface area contributed by atoms with E-state index in [0.717, 1.165) is 6.42 Å². The van der Waals surface area contributed by atoms with Gasteiger partial charge in [0, 0.05) is 11.4 Å². The molecule has 0 spiro atoms. The largest absolute Gasteiger partial charge is 0.355 e. The van der Waals surface area contributed by atoms with Crippen molar-refractivity contribution in [2.24, 2.45) is 0 Å². The standard InChI is InChI=1S/C22H24N2OS/c1-17-8-5-6-9-18(17)13-14-23-21(25)16-24-22(20-12-7-15-26-20)19-10-3-2-4-11-19/h2-12,15,22,24H,13-14,16H2,1H3,(H,23,25)/t22-/m0/s1. The van der Waals surface area contributed by atoms with Gasteiger partial charge < -0.3 is 5.32 Å². The van der Waals surface area contributed by atoms with E-state index >= 15 is 0 Å². The second-order valence-corrected chi connectivity index (χ2v) is 7.25. The molecule has 134 valence electrons. The van der Waals surface area contributed by atoms with Crippen LogP contribution in [0.15, 0.2) is 72.1 Å². The van der Waals surface area contributed by atoms with Gasteiger partial charge in [-0.3, -0.25) is 10.1 Å². The topological polar surface area (TPSA) is 41.1 Å². The predicted octanol–water partition coefficient (Wildman–Crippen LogP) is 4.09. The highest BCUT2D eigenvalue weighted by Gasteiger charge is 2.15. The average molecular weight is 365 g/mol. The van der Waals surface area contributed by atoms with E-state index in [1.165, 1.54) is 21.6 Å². The third-order valence-corrected chi connectivity index (χ3v) is 5.34. The maximum Gasteiger partial charge on any atom is 0.233 e. The van der Waals surface area contributed by atoms with Crippen LogP contribution < -0.4 is 10.6 Å². The quantitative estimate of drug-likeness (QED) is 0.632. The molecule has 0 aliphatic rings. The summed E-state index contributed by atoms with van der Waals surface area (Å²) >= 11 is 1.70. The fraction of sp³-hybridized carbons (Fsp3) is 0.227. The van der Waals surface area contributed by atoms with Gasteiger partial charge in [0.15, 0.2) is 0 Å². The molecule has 1 atom stereocenters. The molecule has 0 saturated carbocycles. The Bertz CT molecular complexity index is 815. The number of hydrogen-bond donors (Lipinski definition) is 2. The number of benzene rings is 2. The number of carbonyl (C=O) groups excluding carboxylic acids is 1. The minimum atomic E-state index is 0.0241. The van der Waals surface area contributed by atoms with Gasteiger partial charge in [0.1, 0.15) is 0 Å². The van der Waals surface area contributed by atoms with Gasteiger partial charge in [-0.15, -0.1) is 11.3 Å². The zero-order chi connectivity index (χ0) is 18.2. The van der Waals surface area contributed by atoms with Gasteiger partial charge in [0.25, 0.3) is 0 Å². The number of thiophene rings is 1. The number of amides is 1. The zero-order valence-electron chi connectivity index (χ0n) is 14.9. The monoisotopic (exact) mass is 364 g/mol. The highest BCUT2D eigenvalue weighted by Crippen LogP contribution is 2.25. The molecule has 2 N–H and O–H groups in total. The van der Waals surface area contributed by atoms with Crippen molar-refractivity contribution in [3.63, 3.8) is 0 Å². The Kier molecular flexibility index (Phi) is 6.58. The van der Waals surface area contributed by atoms with Crippen LogP contribution in [0.1, 0.15) is 27.6 Å². The molecule has 26 heavy (non-hydrogen) atoms. The van der Waals surface area contributed by atoms with Gasteiger partial charge in [-0.2, -0.15) is 0 Å². The van der Waals surface area contributed by atoms with Gasteiger partial charge in [0.2, 0.25) is 5.91 Å². The molecule has 0 fully saturated rings. The Hall–Kier alpha value is -2.43. The highest BCUT2D eigenvalue weighted by molar-refractivity contribution is 7.10.